The molecule has 3 aromatic rings. The standard InChI is InChI=1S/C22H28N2/c1-15(2)22(4,5)14-23-20-9-6-17(7-10-20)18-8-11-21-19(13-18)12-16(3)24-21/h6-13,15,23-24H,14H2,1-5H3. The predicted octanol–water partition coefficient (Wildman–Crippen LogP) is 6.24. The van der Waals surface area contributed by atoms with Crippen molar-refractivity contribution in [2.45, 2.75) is 34.6 Å². The summed E-state index contributed by atoms with van der Waals surface area (Å²) in [6.45, 7) is 12.3. The fourth-order valence-corrected chi connectivity index (χ4v) is 2.77. The molecule has 0 fully saturated rings. The van der Waals surface area contributed by atoms with E-state index >= 15 is 0 Å². The Kier molecular flexibility index (Phi) is 4.40. The second-order valence-electron chi connectivity index (χ2n) is 7.83. The number of aryl methyl sites for hydroxylation is 1. The molecule has 0 spiro atoms. The largest absolute Gasteiger partial charge is 0.384 e. The molecule has 0 atom stereocenters. The van der Waals surface area contributed by atoms with Crippen LogP contribution < -0.4 is 5.32 Å². The van der Waals surface area contributed by atoms with Gasteiger partial charge in [0.2, 0.25) is 0 Å². The van der Waals surface area contributed by atoms with Crippen LogP contribution in [-0.2, 0) is 0 Å². The lowest BCUT2D eigenvalue weighted by molar-refractivity contribution is 0.269. The van der Waals surface area contributed by atoms with Crippen molar-refractivity contribution in [2.75, 3.05) is 11.9 Å². The minimum absolute atomic E-state index is 0.288. The molecule has 0 aliphatic rings. The fraction of sp³-hybridized carbons (Fsp3) is 0.364. The zero-order valence-corrected chi connectivity index (χ0v) is 15.4. The van der Waals surface area contributed by atoms with E-state index in [2.05, 4.69) is 93.5 Å². The van der Waals surface area contributed by atoms with E-state index in [0.29, 0.717) is 5.92 Å². The molecule has 126 valence electrons. The molecular formula is C22H28N2. The van der Waals surface area contributed by atoms with E-state index in [1.54, 1.807) is 0 Å². The topological polar surface area (TPSA) is 27.8 Å². The molecule has 2 aromatic carbocycles. The van der Waals surface area contributed by atoms with Gasteiger partial charge in [-0.05, 0) is 59.7 Å². The Morgan fingerprint density at radius 1 is 0.958 bits per heavy atom. The first-order chi connectivity index (χ1) is 11.3. The van der Waals surface area contributed by atoms with Crippen LogP contribution in [0.2, 0.25) is 0 Å². The van der Waals surface area contributed by atoms with Crippen molar-refractivity contribution in [2.24, 2.45) is 11.3 Å². The molecule has 3 rings (SSSR count). The first kappa shape index (κ1) is 16.6. The van der Waals surface area contributed by atoms with Gasteiger partial charge in [-0.2, -0.15) is 0 Å². The second-order valence-corrected chi connectivity index (χ2v) is 7.83. The molecule has 0 bridgehead atoms. The zero-order valence-electron chi connectivity index (χ0n) is 15.4. The summed E-state index contributed by atoms with van der Waals surface area (Å²) in [7, 11) is 0. The van der Waals surface area contributed by atoms with E-state index in [0.717, 1.165) is 6.54 Å². The highest BCUT2D eigenvalue weighted by Gasteiger charge is 2.21. The Balaban J connectivity index is 1.75. The number of nitrogens with one attached hydrogen (secondary N) is 2. The highest BCUT2D eigenvalue weighted by atomic mass is 14.9. The smallest absolute Gasteiger partial charge is 0.0456 e. The Bertz CT molecular complexity index is 823. The van der Waals surface area contributed by atoms with Gasteiger partial charge in [0.1, 0.15) is 0 Å². The molecule has 0 aliphatic carbocycles. The number of hydrogen-bond donors (Lipinski definition) is 2. The summed E-state index contributed by atoms with van der Waals surface area (Å²) >= 11 is 0. The molecule has 2 heteroatoms. The van der Waals surface area contributed by atoms with Crippen LogP contribution in [-0.4, -0.2) is 11.5 Å². The van der Waals surface area contributed by atoms with Gasteiger partial charge < -0.3 is 10.3 Å². The predicted molar refractivity (Wildman–Crippen MR) is 106 cm³/mol. The van der Waals surface area contributed by atoms with Crippen molar-refractivity contribution >= 4 is 16.6 Å². The van der Waals surface area contributed by atoms with E-state index in [-0.39, 0.29) is 5.41 Å². The summed E-state index contributed by atoms with van der Waals surface area (Å²) in [5, 5.41) is 4.84. The minimum Gasteiger partial charge on any atom is -0.384 e. The first-order valence-corrected chi connectivity index (χ1v) is 8.79. The summed E-state index contributed by atoms with van der Waals surface area (Å²) in [4.78, 5) is 3.38. The number of aromatic nitrogens is 1. The highest BCUT2D eigenvalue weighted by Crippen LogP contribution is 2.28. The molecule has 0 aliphatic heterocycles. The average molecular weight is 320 g/mol. The number of benzene rings is 2. The Morgan fingerprint density at radius 2 is 1.62 bits per heavy atom. The maximum absolute atomic E-state index is 3.57. The summed E-state index contributed by atoms with van der Waals surface area (Å²) < 4.78 is 0. The van der Waals surface area contributed by atoms with Gasteiger partial charge in [0, 0.05) is 28.8 Å². The molecule has 24 heavy (non-hydrogen) atoms. The number of anilines is 1. The van der Waals surface area contributed by atoms with Crippen LogP contribution >= 0.6 is 0 Å². The third kappa shape index (κ3) is 3.48. The molecule has 0 saturated carbocycles. The van der Waals surface area contributed by atoms with Crippen LogP contribution in [0.3, 0.4) is 0 Å². The lowest BCUT2D eigenvalue weighted by Crippen LogP contribution is -2.28. The van der Waals surface area contributed by atoms with Crippen LogP contribution in [0.1, 0.15) is 33.4 Å². The van der Waals surface area contributed by atoms with Gasteiger partial charge in [-0.1, -0.05) is 45.9 Å². The third-order valence-corrected chi connectivity index (χ3v) is 5.28. The van der Waals surface area contributed by atoms with E-state index in [4.69, 9.17) is 0 Å². The lowest BCUT2D eigenvalue weighted by atomic mass is 9.81. The van der Waals surface area contributed by atoms with Crippen molar-refractivity contribution in [1.82, 2.24) is 4.98 Å². The molecular weight excluding hydrogens is 292 g/mol. The van der Waals surface area contributed by atoms with E-state index in [9.17, 15) is 0 Å². The van der Waals surface area contributed by atoms with Crippen molar-refractivity contribution in [1.29, 1.82) is 0 Å². The van der Waals surface area contributed by atoms with E-state index in [1.165, 1.54) is 33.4 Å². The van der Waals surface area contributed by atoms with Crippen LogP contribution in [0, 0.1) is 18.3 Å². The normalized spacial score (nSPS) is 12.1. The highest BCUT2D eigenvalue weighted by molar-refractivity contribution is 5.86. The molecule has 0 saturated heterocycles. The summed E-state index contributed by atoms with van der Waals surface area (Å²) in [5.74, 6) is 0.654. The van der Waals surface area contributed by atoms with Crippen LogP contribution in [0.15, 0.2) is 48.5 Å². The molecule has 1 aromatic heterocycles. The quantitative estimate of drug-likeness (QED) is 0.572. The second kappa shape index (κ2) is 6.35. The monoisotopic (exact) mass is 320 g/mol. The zero-order chi connectivity index (χ0) is 17.3. The number of hydrogen-bond acceptors (Lipinski definition) is 1. The van der Waals surface area contributed by atoms with Crippen molar-refractivity contribution < 1.29 is 0 Å². The molecule has 1 heterocycles. The number of H-pyrrole nitrogens is 1. The van der Waals surface area contributed by atoms with Gasteiger partial charge in [0.15, 0.2) is 0 Å². The van der Waals surface area contributed by atoms with Crippen LogP contribution in [0.5, 0.6) is 0 Å². The number of fused-ring (bicyclic) bond motifs is 1. The summed E-state index contributed by atoms with van der Waals surface area (Å²) in [5.41, 5.74) is 6.39. The maximum Gasteiger partial charge on any atom is 0.0456 e. The van der Waals surface area contributed by atoms with Gasteiger partial charge in [0.05, 0.1) is 0 Å². The number of aromatic amines is 1. The fourth-order valence-electron chi connectivity index (χ4n) is 2.77. The van der Waals surface area contributed by atoms with Crippen LogP contribution in [0.25, 0.3) is 22.0 Å². The van der Waals surface area contributed by atoms with Gasteiger partial charge in [-0.3, -0.25) is 0 Å². The molecule has 2 nitrogen and oxygen atoms in total. The molecule has 0 radical (unpaired) electrons. The van der Waals surface area contributed by atoms with Gasteiger partial charge in [-0.15, -0.1) is 0 Å². The van der Waals surface area contributed by atoms with Crippen LogP contribution in [0.4, 0.5) is 5.69 Å². The average Bonchev–Trinajstić information content (AvgIpc) is 2.92. The minimum atomic E-state index is 0.288. The lowest BCUT2D eigenvalue weighted by Gasteiger charge is -2.29. The van der Waals surface area contributed by atoms with E-state index < -0.39 is 0 Å². The number of rotatable bonds is 5. The van der Waals surface area contributed by atoms with Crippen molar-refractivity contribution in [3.63, 3.8) is 0 Å². The van der Waals surface area contributed by atoms with Gasteiger partial charge in [-0.25, -0.2) is 0 Å². The SMILES string of the molecule is Cc1cc2cc(-c3ccc(NCC(C)(C)C(C)C)cc3)ccc2[nH]1. The van der Waals surface area contributed by atoms with E-state index in [1.807, 2.05) is 0 Å². The summed E-state index contributed by atoms with van der Waals surface area (Å²) in [6, 6.07) is 17.6. The third-order valence-electron chi connectivity index (χ3n) is 5.28. The van der Waals surface area contributed by atoms with Crippen molar-refractivity contribution in [3.8, 4) is 11.1 Å². The Hall–Kier alpha value is -2.22. The maximum atomic E-state index is 3.57. The van der Waals surface area contributed by atoms with Gasteiger partial charge in [0.25, 0.3) is 0 Å². The Morgan fingerprint density at radius 3 is 2.29 bits per heavy atom. The Labute approximate surface area is 145 Å². The first-order valence-electron chi connectivity index (χ1n) is 8.79. The molecule has 2 N–H and O–H groups in total. The van der Waals surface area contributed by atoms with Gasteiger partial charge >= 0.3 is 0 Å². The molecule has 0 amide bonds. The summed E-state index contributed by atoms with van der Waals surface area (Å²) in [6.07, 6.45) is 0. The molecule has 0 unspecified atom stereocenters. The van der Waals surface area contributed by atoms with Crippen molar-refractivity contribution in [3.05, 3.63) is 54.2 Å².